The molecule has 0 aliphatic rings. The Hall–Kier alpha value is -2.54. The van der Waals surface area contributed by atoms with Crippen molar-refractivity contribution in [2.45, 2.75) is 0 Å². The molecule has 0 spiro atoms. The van der Waals surface area contributed by atoms with Crippen LogP contribution in [0.3, 0.4) is 0 Å². The van der Waals surface area contributed by atoms with Gasteiger partial charge in [-0.25, -0.2) is 14.1 Å². The number of amides is 2. The highest BCUT2D eigenvalue weighted by Gasteiger charge is 2.16. The lowest BCUT2D eigenvalue weighted by molar-refractivity contribution is 0.260. The van der Waals surface area contributed by atoms with Crippen LogP contribution >= 0.6 is 12.8 Å². The zero-order valence-electron chi connectivity index (χ0n) is 11.3. The summed E-state index contributed by atoms with van der Waals surface area (Å²) in [5.74, 6) is 0. The molecule has 106 valence electrons. The summed E-state index contributed by atoms with van der Waals surface area (Å²) >= 11 is 4.28. The smallest absolute Gasteiger partial charge is 0.334 e. The number of carbonyl (C=O) groups excluding carboxylic acids is 1. The Kier molecular flexibility index (Phi) is 3.49. The number of benzene rings is 1. The minimum absolute atomic E-state index is 0.371. The number of para-hydroxylation sites is 1. The van der Waals surface area contributed by atoms with Gasteiger partial charge < -0.3 is 9.88 Å². The maximum atomic E-state index is 12.2. The number of urea groups is 1. The van der Waals surface area contributed by atoms with Gasteiger partial charge in [0.15, 0.2) is 0 Å². The standard InChI is InChI=1S/C14H13N5OS/c1-18-9-16-13-11(18)5-2-6-12(13)19(21)14(20)17-10-4-3-7-15-8-10/h2-9,21H,1H3,(H,17,20). The van der Waals surface area contributed by atoms with Gasteiger partial charge in [0.1, 0.15) is 5.52 Å². The third kappa shape index (κ3) is 2.55. The Balaban J connectivity index is 1.90. The molecule has 0 unspecified atom stereocenters. The minimum atomic E-state index is -0.371. The number of anilines is 2. The van der Waals surface area contributed by atoms with Crippen molar-refractivity contribution in [2.24, 2.45) is 7.05 Å². The van der Waals surface area contributed by atoms with E-state index < -0.39 is 0 Å². The van der Waals surface area contributed by atoms with Gasteiger partial charge in [0.25, 0.3) is 0 Å². The Bertz CT molecular complexity index is 786. The summed E-state index contributed by atoms with van der Waals surface area (Å²) in [6, 6.07) is 8.73. The van der Waals surface area contributed by atoms with Crippen LogP contribution in [0.25, 0.3) is 11.0 Å². The van der Waals surface area contributed by atoms with Crippen molar-refractivity contribution in [3.8, 4) is 0 Å². The average molecular weight is 299 g/mol. The number of hydrogen-bond acceptors (Lipinski definition) is 4. The van der Waals surface area contributed by atoms with E-state index in [0.29, 0.717) is 11.4 Å². The van der Waals surface area contributed by atoms with Crippen molar-refractivity contribution < 1.29 is 4.79 Å². The second kappa shape index (κ2) is 5.45. The zero-order chi connectivity index (χ0) is 14.8. The molecule has 0 saturated heterocycles. The number of hydrogen-bond donors (Lipinski definition) is 2. The molecule has 0 saturated carbocycles. The van der Waals surface area contributed by atoms with Gasteiger partial charge in [-0.2, -0.15) is 0 Å². The van der Waals surface area contributed by atoms with Gasteiger partial charge in [0.05, 0.1) is 29.4 Å². The number of nitrogens with zero attached hydrogens (tertiary/aromatic N) is 4. The van der Waals surface area contributed by atoms with E-state index >= 15 is 0 Å². The normalized spacial score (nSPS) is 10.6. The number of nitrogens with one attached hydrogen (secondary N) is 1. The molecule has 7 heteroatoms. The predicted octanol–water partition coefficient (Wildman–Crippen LogP) is 2.85. The first-order valence-corrected chi connectivity index (χ1v) is 6.67. The second-order valence-electron chi connectivity index (χ2n) is 4.48. The first-order chi connectivity index (χ1) is 10.2. The van der Waals surface area contributed by atoms with E-state index in [1.807, 2.05) is 23.7 Å². The second-order valence-corrected chi connectivity index (χ2v) is 4.88. The van der Waals surface area contributed by atoms with E-state index in [-0.39, 0.29) is 6.03 Å². The quantitative estimate of drug-likeness (QED) is 0.715. The highest BCUT2D eigenvalue weighted by atomic mass is 32.1. The molecule has 3 aromatic rings. The summed E-state index contributed by atoms with van der Waals surface area (Å²) in [5.41, 5.74) is 2.88. The number of imidazole rings is 1. The number of aryl methyl sites for hydroxylation is 1. The van der Waals surface area contributed by atoms with Crippen LogP contribution in [-0.2, 0) is 7.05 Å². The molecule has 1 aromatic carbocycles. The molecule has 6 nitrogen and oxygen atoms in total. The van der Waals surface area contributed by atoms with Gasteiger partial charge in [-0.3, -0.25) is 4.98 Å². The Morgan fingerprint density at radius 1 is 1.33 bits per heavy atom. The number of pyridine rings is 1. The van der Waals surface area contributed by atoms with Crippen LogP contribution in [-0.4, -0.2) is 20.6 Å². The topological polar surface area (TPSA) is 63.1 Å². The molecule has 2 heterocycles. The lowest BCUT2D eigenvalue weighted by Gasteiger charge is -2.16. The molecule has 0 atom stereocenters. The van der Waals surface area contributed by atoms with Crippen LogP contribution in [0.1, 0.15) is 0 Å². The third-order valence-electron chi connectivity index (χ3n) is 3.07. The molecular formula is C14H13N5OS. The van der Waals surface area contributed by atoms with E-state index in [0.717, 1.165) is 11.0 Å². The summed E-state index contributed by atoms with van der Waals surface area (Å²) in [7, 11) is 1.90. The van der Waals surface area contributed by atoms with Gasteiger partial charge in [-0.15, -0.1) is 0 Å². The minimum Gasteiger partial charge on any atom is -0.334 e. The first kappa shape index (κ1) is 13.4. The van der Waals surface area contributed by atoms with Crippen LogP contribution in [0.4, 0.5) is 16.2 Å². The SMILES string of the molecule is Cn1cnc2c(N(S)C(=O)Nc3cccnc3)cccc21. The maximum absolute atomic E-state index is 12.2. The molecule has 2 amide bonds. The fourth-order valence-corrected chi connectivity index (χ4v) is 2.25. The molecule has 0 fully saturated rings. The highest BCUT2D eigenvalue weighted by Crippen LogP contribution is 2.27. The van der Waals surface area contributed by atoms with E-state index in [1.54, 1.807) is 36.9 Å². The molecule has 1 N–H and O–H groups in total. The first-order valence-electron chi connectivity index (χ1n) is 6.27. The number of fused-ring (bicyclic) bond motifs is 1. The number of aromatic nitrogens is 3. The Morgan fingerprint density at radius 3 is 2.95 bits per heavy atom. The predicted molar refractivity (Wildman–Crippen MR) is 85.4 cm³/mol. The fraction of sp³-hybridized carbons (Fsp3) is 0.0714. The van der Waals surface area contributed by atoms with Gasteiger partial charge in [0, 0.05) is 13.2 Å². The monoisotopic (exact) mass is 299 g/mol. The fourth-order valence-electron chi connectivity index (χ4n) is 2.04. The van der Waals surface area contributed by atoms with Crippen LogP contribution in [0, 0.1) is 0 Å². The summed E-state index contributed by atoms with van der Waals surface area (Å²) in [4.78, 5) is 20.5. The summed E-state index contributed by atoms with van der Waals surface area (Å²) in [6.45, 7) is 0. The van der Waals surface area contributed by atoms with Gasteiger partial charge >= 0.3 is 6.03 Å². The average Bonchev–Trinajstić information content (AvgIpc) is 2.89. The highest BCUT2D eigenvalue weighted by molar-refractivity contribution is 7.82. The molecule has 0 aliphatic carbocycles. The molecule has 21 heavy (non-hydrogen) atoms. The van der Waals surface area contributed by atoms with Gasteiger partial charge in [-0.05, 0) is 24.3 Å². The van der Waals surface area contributed by atoms with Crippen molar-refractivity contribution in [3.05, 3.63) is 49.1 Å². The Labute approximate surface area is 127 Å². The number of carbonyl (C=O) groups is 1. The lowest BCUT2D eigenvalue weighted by Crippen LogP contribution is -2.27. The van der Waals surface area contributed by atoms with Gasteiger partial charge in [-0.1, -0.05) is 18.9 Å². The van der Waals surface area contributed by atoms with E-state index in [4.69, 9.17) is 0 Å². The molecule has 0 bridgehead atoms. The van der Waals surface area contributed by atoms with Crippen molar-refractivity contribution >= 4 is 41.3 Å². The van der Waals surface area contributed by atoms with Crippen molar-refractivity contribution in [3.63, 3.8) is 0 Å². The largest absolute Gasteiger partial charge is 0.336 e. The van der Waals surface area contributed by atoms with Crippen LogP contribution in [0.5, 0.6) is 0 Å². The molecular weight excluding hydrogens is 286 g/mol. The summed E-state index contributed by atoms with van der Waals surface area (Å²) in [6.07, 6.45) is 4.92. The van der Waals surface area contributed by atoms with Crippen LogP contribution in [0.15, 0.2) is 49.1 Å². The number of thiol groups is 1. The summed E-state index contributed by atoms with van der Waals surface area (Å²) < 4.78 is 3.13. The third-order valence-corrected chi connectivity index (χ3v) is 3.46. The van der Waals surface area contributed by atoms with E-state index in [1.165, 1.54) is 4.31 Å². The van der Waals surface area contributed by atoms with Crippen LogP contribution in [0.2, 0.25) is 0 Å². The number of rotatable bonds is 2. The zero-order valence-corrected chi connectivity index (χ0v) is 12.2. The van der Waals surface area contributed by atoms with Crippen molar-refractivity contribution in [1.82, 2.24) is 14.5 Å². The van der Waals surface area contributed by atoms with Crippen LogP contribution < -0.4 is 9.62 Å². The molecule has 3 rings (SSSR count). The molecule has 0 radical (unpaired) electrons. The van der Waals surface area contributed by atoms with E-state index in [9.17, 15) is 4.79 Å². The Morgan fingerprint density at radius 2 is 2.19 bits per heavy atom. The van der Waals surface area contributed by atoms with E-state index in [2.05, 4.69) is 28.1 Å². The molecule has 0 aliphatic heterocycles. The van der Waals surface area contributed by atoms with Gasteiger partial charge in [0.2, 0.25) is 0 Å². The lowest BCUT2D eigenvalue weighted by atomic mass is 10.2. The molecule has 2 aromatic heterocycles. The van der Waals surface area contributed by atoms with Crippen molar-refractivity contribution in [2.75, 3.05) is 9.62 Å². The summed E-state index contributed by atoms with van der Waals surface area (Å²) in [5, 5.41) is 2.73. The van der Waals surface area contributed by atoms with Crippen molar-refractivity contribution in [1.29, 1.82) is 0 Å². The maximum Gasteiger partial charge on any atom is 0.336 e.